The van der Waals surface area contributed by atoms with E-state index in [1.165, 1.54) is 0 Å². The summed E-state index contributed by atoms with van der Waals surface area (Å²) in [5.74, 6) is -11.1. The Kier molecular flexibility index (Phi) is 39.9. The zero-order chi connectivity index (χ0) is 27.2. The molecule has 0 saturated heterocycles. The predicted molar refractivity (Wildman–Crippen MR) is 65.9 cm³/mol. The molecule has 0 aliphatic heterocycles. The van der Waals surface area contributed by atoms with Crippen molar-refractivity contribution < 1.29 is 132 Å². The molecule has 6 N–H and O–H groups in total. The summed E-state index contributed by atoms with van der Waals surface area (Å²) >= 11 is 0. The van der Waals surface area contributed by atoms with Crippen molar-refractivity contribution in [2.24, 2.45) is 11.8 Å². The van der Waals surface area contributed by atoms with Crippen molar-refractivity contribution in [3.63, 3.8) is 0 Å². The minimum absolute atomic E-state index is 0. The molecule has 0 unspecified atom stereocenters. The molecule has 0 rings (SSSR count). The Morgan fingerprint density at radius 1 is 0.441 bits per heavy atom. The first kappa shape index (κ1) is 47.4. The third kappa shape index (κ3) is 50.9. The number of carboxylic acids is 8. The van der Waals surface area contributed by atoms with Crippen LogP contribution in [0.15, 0.2) is 0 Å². The zero-order valence-corrected chi connectivity index (χ0v) is 17.1. The fourth-order valence-electron chi connectivity index (χ4n) is 0.101. The van der Waals surface area contributed by atoms with Gasteiger partial charge in [-0.25, -0.2) is 19.2 Å². The second-order valence-electron chi connectivity index (χ2n) is 3.15. The van der Waals surface area contributed by atoms with E-state index >= 15 is 0 Å². The second kappa shape index (κ2) is 28.6. The third-order valence-electron chi connectivity index (χ3n) is 1.06. The molecule has 0 radical (unpaired) electrons. The van der Waals surface area contributed by atoms with Crippen LogP contribution in [0.2, 0.25) is 0 Å². The molecule has 0 aromatic rings. The van der Waals surface area contributed by atoms with E-state index in [9.17, 15) is 19.2 Å². The van der Waals surface area contributed by atoms with Gasteiger partial charge >= 0.3 is 57.4 Å². The summed E-state index contributed by atoms with van der Waals surface area (Å²) < 4.78 is 0. The average Bonchev–Trinajstić information content (AvgIpc) is 2.67. The van der Waals surface area contributed by atoms with E-state index < -0.39 is 59.7 Å². The van der Waals surface area contributed by atoms with E-state index in [2.05, 4.69) is 21.5 Å². The van der Waals surface area contributed by atoms with Gasteiger partial charge in [0.15, 0.2) is 0 Å². The van der Waals surface area contributed by atoms with Crippen LogP contribution in [0.25, 0.3) is 0 Å². The quantitative estimate of drug-likeness (QED) is 0.150. The van der Waals surface area contributed by atoms with Gasteiger partial charge in [-0.3, -0.25) is 0 Å². The largest absolute Gasteiger partial charge is 3.00 e. The van der Waals surface area contributed by atoms with Gasteiger partial charge < -0.3 is 79.3 Å². The van der Waals surface area contributed by atoms with Crippen LogP contribution in [0.3, 0.4) is 0 Å². The van der Waals surface area contributed by atoms with Crippen LogP contribution in [0.4, 0.5) is 0 Å². The van der Waals surface area contributed by atoms with Gasteiger partial charge in [-0.2, -0.15) is 11.8 Å². The fourth-order valence-corrected chi connectivity index (χ4v) is 0.101. The van der Waals surface area contributed by atoms with E-state index in [-0.39, 0.29) is 33.6 Å². The molecule has 0 aliphatic rings. The first-order valence-electron chi connectivity index (χ1n) is 5.84. The van der Waals surface area contributed by atoms with Crippen LogP contribution >= 0.6 is 0 Å². The molecule has 0 aliphatic carbocycles. The summed E-state index contributed by atoms with van der Waals surface area (Å²) in [6.45, 7) is 0. The molecule has 34 heavy (non-hydrogen) atoms. The van der Waals surface area contributed by atoms with Crippen molar-refractivity contribution in [3.05, 3.63) is 0 Å². The molecule has 0 saturated carbocycles. The summed E-state index contributed by atoms with van der Waals surface area (Å²) in [4.78, 5) is 98.0. The molecular weight excluding hydrogens is 586 g/mol. The molecule has 0 aromatic carbocycles. The summed E-state index contributed by atoms with van der Waals surface area (Å²) in [7, 11) is 0. The number of rotatable bonds is 0. The first-order valence-corrected chi connectivity index (χ1v) is 5.84. The number of hydrogen-bond donors (Lipinski definition) is 4. The van der Waals surface area contributed by atoms with E-state index in [4.69, 9.17) is 69.6 Å². The average molecular weight is 592 g/mol. The van der Waals surface area contributed by atoms with E-state index in [0.717, 1.165) is 0 Å². The summed E-state index contributed by atoms with van der Waals surface area (Å²) in [5.41, 5.74) is 0. The van der Waals surface area contributed by atoms with Crippen molar-refractivity contribution >= 4 is 59.7 Å². The van der Waals surface area contributed by atoms with Crippen molar-refractivity contribution in [2.45, 2.75) is 0 Å². The molecule has 0 spiro atoms. The van der Waals surface area contributed by atoms with Crippen LogP contribution < -0.4 is 42.4 Å². The molecule has 24 heteroatoms. The van der Waals surface area contributed by atoms with Crippen LogP contribution in [-0.4, -0.2) is 69.9 Å². The topological polar surface area (TPSA) is 420 Å². The number of carboxylic acid groups (broad SMARTS) is 8. The Morgan fingerprint density at radius 3 is 0.559 bits per heavy atom. The molecule has 0 amide bonds. The summed E-state index contributed by atoms with van der Waals surface area (Å²) in [6, 6.07) is 0. The van der Waals surface area contributed by atoms with Crippen LogP contribution in [-0.2, 0) is 91.2 Å². The van der Waals surface area contributed by atoms with Crippen molar-refractivity contribution in [1.29, 1.82) is 0 Å². The molecule has 22 nitrogen and oxygen atoms in total. The monoisotopic (exact) mass is 592 g/mol. The fraction of sp³-hybridized carbons (Fsp3) is 0. The number of hydrogen-bond acceptors (Lipinski definition) is 20. The van der Waals surface area contributed by atoms with Gasteiger partial charge in [0.05, 0.1) is 35.8 Å². The van der Waals surface area contributed by atoms with Gasteiger partial charge in [0.2, 0.25) is 0 Å². The Bertz CT molecular complexity index is 629. The third-order valence-corrected chi connectivity index (χ3v) is 1.06. The minimum Gasteiger partial charge on any atom is -0.543 e. The van der Waals surface area contributed by atoms with Gasteiger partial charge in [-0.15, -0.1) is 0 Å². The Hall–Kier alpha value is -4.37. The standard InChI is InChI=1S/2C2H3NO4.3C2H2O4.2Co/c2*3-7-2(6)1(4)5;3*3-1(4)2(5)6;;/h2*3H2,(H,4,5);3*(H,3,4)(H,5,6);;/q;;;;;2*+3/p-6. The molecular formula is C10H6Co2N2O20. The van der Waals surface area contributed by atoms with E-state index in [1.807, 2.05) is 0 Å². The number of aliphatic carboxylic acids is 8. The maximum Gasteiger partial charge on any atom is 3.00 e. The van der Waals surface area contributed by atoms with Crippen molar-refractivity contribution in [3.8, 4) is 0 Å². The molecule has 194 valence electrons. The predicted octanol–water partition coefficient (Wildman–Crippen LogP) is -13.6. The number of carbonyl (C=O) groups excluding carboxylic acids is 8. The Labute approximate surface area is 203 Å². The van der Waals surface area contributed by atoms with Crippen LogP contribution in [0.5, 0.6) is 0 Å². The molecule has 0 bridgehead atoms. The SMILES string of the molecule is NOC(=O)C(=O)O.NOC(=O)C(=O)O.O=C([O-])C(=O)[O-].O=C([O-])C(=O)[O-].O=C([O-])C(=O)[O-].[Co+3].[Co+3]. The van der Waals surface area contributed by atoms with Gasteiger partial charge in [0.25, 0.3) is 0 Å². The Morgan fingerprint density at radius 2 is 0.559 bits per heavy atom. The minimum atomic E-state index is -2.19. The smallest absolute Gasteiger partial charge is 0.543 e. The van der Waals surface area contributed by atoms with Gasteiger partial charge in [-0.1, -0.05) is 0 Å². The second-order valence-corrected chi connectivity index (χ2v) is 3.15. The molecule has 0 aromatic heterocycles. The van der Waals surface area contributed by atoms with Gasteiger partial charge in [0, 0.05) is 0 Å². The van der Waals surface area contributed by atoms with E-state index in [1.54, 1.807) is 0 Å². The summed E-state index contributed by atoms with van der Waals surface area (Å²) in [6.07, 6.45) is 0. The van der Waals surface area contributed by atoms with Crippen molar-refractivity contribution in [2.75, 3.05) is 0 Å². The van der Waals surface area contributed by atoms with Gasteiger partial charge in [-0.05, 0) is 0 Å². The Balaban J connectivity index is -0.0000000529. The zero-order valence-electron chi connectivity index (χ0n) is 15.1. The van der Waals surface area contributed by atoms with Crippen LogP contribution in [0.1, 0.15) is 0 Å². The number of carbonyl (C=O) groups is 10. The molecule has 0 heterocycles. The molecule has 0 fully saturated rings. The number of nitrogens with two attached hydrogens (primary N) is 2. The summed E-state index contributed by atoms with van der Waals surface area (Å²) in [5, 5.41) is 68.8. The normalized spacial score (nSPS) is 7.00. The molecule has 0 atom stereocenters. The van der Waals surface area contributed by atoms with Crippen LogP contribution in [0, 0.1) is 0 Å². The maximum atomic E-state index is 9.56. The first-order chi connectivity index (χ1) is 14.3. The van der Waals surface area contributed by atoms with E-state index in [0.29, 0.717) is 0 Å². The maximum absolute atomic E-state index is 9.56. The van der Waals surface area contributed by atoms with Gasteiger partial charge in [0.1, 0.15) is 0 Å². The van der Waals surface area contributed by atoms with Crippen molar-refractivity contribution in [1.82, 2.24) is 0 Å².